The van der Waals surface area contributed by atoms with Crippen LogP contribution >= 0.6 is 23.2 Å². The van der Waals surface area contributed by atoms with Crippen molar-refractivity contribution in [2.24, 2.45) is 0 Å². The van der Waals surface area contributed by atoms with Crippen LogP contribution in [0.2, 0.25) is 10.0 Å². The number of fused-ring (bicyclic) bond motifs is 1. The van der Waals surface area contributed by atoms with Gasteiger partial charge < -0.3 is 25.2 Å². The second-order valence-electron chi connectivity index (χ2n) is 9.16. The molecular formula is C23H20Cl2F2N2O5. The molecule has 0 spiro atoms. The van der Waals surface area contributed by atoms with Crippen molar-refractivity contribution in [3.05, 3.63) is 57.6 Å². The SMILES string of the molecule is O=C(COc1ccc(Cl)c(Cl)c1)NC12CC(NC(=O)[C@@H]3C[C@H](O)c4cc(F)c(F)cc4O3)(C1)C2. The van der Waals surface area contributed by atoms with Gasteiger partial charge in [0.25, 0.3) is 11.8 Å². The molecule has 34 heavy (non-hydrogen) atoms. The van der Waals surface area contributed by atoms with Crippen molar-refractivity contribution >= 4 is 35.0 Å². The number of aliphatic hydroxyl groups is 1. The Labute approximate surface area is 203 Å². The largest absolute Gasteiger partial charge is 0.484 e. The molecule has 7 nitrogen and oxygen atoms in total. The fourth-order valence-electron chi connectivity index (χ4n) is 5.04. The molecule has 2 atom stereocenters. The van der Waals surface area contributed by atoms with Crippen molar-refractivity contribution in [2.45, 2.75) is 49.0 Å². The van der Waals surface area contributed by atoms with Crippen LogP contribution < -0.4 is 20.1 Å². The van der Waals surface area contributed by atoms with E-state index in [2.05, 4.69) is 10.6 Å². The Hall–Kier alpha value is -2.62. The molecule has 0 aromatic heterocycles. The smallest absolute Gasteiger partial charge is 0.261 e. The van der Waals surface area contributed by atoms with E-state index in [-0.39, 0.29) is 30.2 Å². The van der Waals surface area contributed by atoms with Crippen molar-refractivity contribution in [1.29, 1.82) is 0 Å². The van der Waals surface area contributed by atoms with Crippen molar-refractivity contribution in [1.82, 2.24) is 10.6 Å². The Morgan fingerprint density at radius 3 is 2.44 bits per heavy atom. The summed E-state index contributed by atoms with van der Waals surface area (Å²) in [5, 5.41) is 16.8. The maximum Gasteiger partial charge on any atom is 0.261 e. The van der Waals surface area contributed by atoms with Gasteiger partial charge >= 0.3 is 0 Å². The van der Waals surface area contributed by atoms with Gasteiger partial charge in [0.2, 0.25) is 0 Å². The first-order chi connectivity index (χ1) is 16.1. The van der Waals surface area contributed by atoms with Crippen LogP contribution in [0, 0.1) is 11.6 Å². The maximum atomic E-state index is 13.5. The minimum atomic E-state index is -1.15. The van der Waals surface area contributed by atoms with Crippen LogP contribution in [0.1, 0.15) is 37.4 Å². The van der Waals surface area contributed by atoms with Gasteiger partial charge in [-0.1, -0.05) is 23.2 Å². The first kappa shape index (κ1) is 23.1. The van der Waals surface area contributed by atoms with E-state index in [0.29, 0.717) is 35.1 Å². The number of carbonyl (C=O) groups is 2. The lowest BCUT2D eigenvalue weighted by molar-refractivity contribution is -0.155. The normalized spacial score (nSPS) is 28.5. The molecule has 3 fully saturated rings. The van der Waals surface area contributed by atoms with E-state index >= 15 is 0 Å². The van der Waals surface area contributed by atoms with Crippen LogP contribution in [0.5, 0.6) is 11.5 Å². The Bertz CT molecular complexity index is 1170. The summed E-state index contributed by atoms with van der Waals surface area (Å²) in [5.74, 6) is -2.58. The number of nitrogens with one attached hydrogen (secondary N) is 2. The second kappa shape index (κ2) is 8.25. The van der Waals surface area contributed by atoms with Crippen LogP contribution in [-0.4, -0.2) is 40.7 Å². The topological polar surface area (TPSA) is 96.9 Å². The first-order valence-corrected chi connectivity index (χ1v) is 11.4. The third-order valence-corrected chi connectivity index (χ3v) is 7.23. The molecule has 2 bridgehead atoms. The van der Waals surface area contributed by atoms with Crippen LogP contribution in [0.25, 0.3) is 0 Å². The summed E-state index contributed by atoms with van der Waals surface area (Å²) >= 11 is 11.8. The van der Waals surface area contributed by atoms with Gasteiger partial charge in [-0.2, -0.15) is 0 Å². The van der Waals surface area contributed by atoms with Gasteiger partial charge in [-0.15, -0.1) is 0 Å². The molecule has 11 heteroatoms. The predicted molar refractivity (Wildman–Crippen MR) is 118 cm³/mol. The minimum Gasteiger partial charge on any atom is -0.484 e. The number of ether oxygens (including phenoxy) is 2. The third kappa shape index (κ3) is 4.16. The number of carbonyl (C=O) groups excluding carboxylic acids is 2. The predicted octanol–water partition coefficient (Wildman–Crippen LogP) is 3.44. The van der Waals surface area contributed by atoms with Crippen molar-refractivity contribution in [3.63, 3.8) is 0 Å². The molecule has 1 heterocycles. The number of halogens is 4. The maximum absolute atomic E-state index is 13.5. The number of benzene rings is 2. The van der Waals surface area contributed by atoms with Crippen LogP contribution in [0.15, 0.2) is 30.3 Å². The third-order valence-electron chi connectivity index (χ3n) is 6.49. The lowest BCUT2D eigenvalue weighted by Gasteiger charge is -2.70. The lowest BCUT2D eigenvalue weighted by Crippen LogP contribution is -2.84. The van der Waals surface area contributed by atoms with Gasteiger partial charge in [-0.05, 0) is 37.5 Å². The number of rotatable bonds is 6. The fraction of sp³-hybridized carbons (Fsp3) is 0.391. The summed E-state index contributed by atoms with van der Waals surface area (Å²) in [5.41, 5.74) is -0.749. The number of amides is 2. The summed E-state index contributed by atoms with van der Waals surface area (Å²) in [6.45, 7) is -0.191. The lowest BCUT2D eigenvalue weighted by atomic mass is 9.44. The summed E-state index contributed by atoms with van der Waals surface area (Å²) in [4.78, 5) is 25.0. The molecule has 2 amide bonds. The second-order valence-corrected chi connectivity index (χ2v) is 9.97. The number of hydrogen-bond donors (Lipinski definition) is 3. The number of hydrogen-bond acceptors (Lipinski definition) is 5. The summed E-state index contributed by atoms with van der Waals surface area (Å²) in [7, 11) is 0. The highest BCUT2D eigenvalue weighted by atomic mass is 35.5. The zero-order valence-corrected chi connectivity index (χ0v) is 19.2. The van der Waals surface area contributed by atoms with Crippen molar-refractivity contribution in [2.75, 3.05) is 6.61 Å². The molecule has 3 aliphatic carbocycles. The van der Waals surface area contributed by atoms with Gasteiger partial charge in [-0.3, -0.25) is 9.59 Å². The summed E-state index contributed by atoms with van der Waals surface area (Å²) in [6, 6.07) is 6.42. The summed E-state index contributed by atoms with van der Waals surface area (Å²) in [6.07, 6.45) is -0.606. The fourth-order valence-corrected chi connectivity index (χ4v) is 5.33. The molecule has 0 unspecified atom stereocenters. The quantitative estimate of drug-likeness (QED) is 0.550. The average molecular weight is 513 g/mol. The average Bonchev–Trinajstić information content (AvgIpc) is 2.73. The van der Waals surface area contributed by atoms with Gasteiger partial charge in [0.1, 0.15) is 11.5 Å². The molecule has 1 aliphatic heterocycles. The molecule has 4 aliphatic rings. The Balaban J connectivity index is 1.11. The van der Waals surface area contributed by atoms with E-state index < -0.39 is 40.8 Å². The Morgan fingerprint density at radius 2 is 1.74 bits per heavy atom. The Morgan fingerprint density at radius 1 is 1.06 bits per heavy atom. The van der Waals surface area contributed by atoms with Crippen molar-refractivity contribution < 1.29 is 33.0 Å². The first-order valence-electron chi connectivity index (χ1n) is 10.6. The molecule has 3 saturated carbocycles. The van der Waals surface area contributed by atoms with E-state index in [0.717, 1.165) is 12.1 Å². The van der Waals surface area contributed by atoms with E-state index in [9.17, 15) is 23.5 Å². The van der Waals surface area contributed by atoms with Crippen LogP contribution in [0.3, 0.4) is 0 Å². The van der Waals surface area contributed by atoms with Gasteiger partial charge in [0, 0.05) is 35.2 Å². The molecule has 6 rings (SSSR count). The highest BCUT2D eigenvalue weighted by Gasteiger charge is 2.69. The molecule has 180 valence electrons. The molecule has 2 aromatic rings. The highest BCUT2D eigenvalue weighted by molar-refractivity contribution is 6.42. The highest BCUT2D eigenvalue weighted by Crippen LogP contribution is 2.60. The molecular weight excluding hydrogens is 493 g/mol. The van der Waals surface area contributed by atoms with Crippen molar-refractivity contribution in [3.8, 4) is 11.5 Å². The molecule has 3 N–H and O–H groups in total. The summed E-state index contributed by atoms with van der Waals surface area (Å²) < 4.78 is 38.0. The van der Waals surface area contributed by atoms with Gasteiger partial charge in [-0.25, -0.2) is 8.78 Å². The van der Waals surface area contributed by atoms with Gasteiger partial charge in [0.15, 0.2) is 24.3 Å². The standard InChI is InChI=1S/C23H20Cl2F2N2O5/c24-13-2-1-11(3-14(13)25)33-7-20(31)28-22-8-23(9-22,10-22)29-21(32)19-6-17(30)12-4-15(26)16(27)5-18(12)34-19/h1-5,17,19,30H,6-10H2,(H,28,31)(H,29,32)/t17-,19-,22?,23?/m0/s1. The monoisotopic (exact) mass is 512 g/mol. The van der Waals surface area contributed by atoms with Crippen LogP contribution in [-0.2, 0) is 9.59 Å². The molecule has 0 radical (unpaired) electrons. The van der Waals surface area contributed by atoms with Crippen LogP contribution in [0.4, 0.5) is 8.78 Å². The Kier molecular flexibility index (Phi) is 5.61. The van der Waals surface area contributed by atoms with E-state index in [1.165, 1.54) is 6.07 Å². The van der Waals surface area contributed by atoms with E-state index in [1.807, 2.05) is 0 Å². The molecule has 0 saturated heterocycles. The van der Waals surface area contributed by atoms with E-state index in [4.69, 9.17) is 32.7 Å². The number of aliphatic hydroxyl groups excluding tert-OH is 1. The zero-order valence-electron chi connectivity index (χ0n) is 17.7. The van der Waals surface area contributed by atoms with E-state index in [1.54, 1.807) is 12.1 Å². The minimum absolute atomic E-state index is 0.0545. The molecule has 2 aromatic carbocycles. The van der Waals surface area contributed by atoms with Gasteiger partial charge in [0.05, 0.1) is 16.1 Å². The zero-order chi connectivity index (χ0) is 24.3.